The highest BCUT2D eigenvalue weighted by molar-refractivity contribution is 7.90. The van der Waals surface area contributed by atoms with Gasteiger partial charge in [-0.2, -0.15) is 4.98 Å². The van der Waals surface area contributed by atoms with Crippen LogP contribution in [-0.4, -0.2) is 95.2 Å². The highest BCUT2D eigenvalue weighted by Gasteiger charge is 2.50. The third kappa shape index (κ3) is 9.46. The molecule has 3 aliphatic carbocycles. The van der Waals surface area contributed by atoms with E-state index in [4.69, 9.17) is 9.47 Å². The van der Waals surface area contributed by atoms with E-state index in [9.17, 15) is 32.8 Å². The smallest absolute Gasteiger partial charge is 0.312 e. The Morgan fingerprint density at radius 2 is 1.75 bits per heavy atom. The first-order valence-corrected chi connectivity index (χ1v) is 25.9. The Morgan fingerprint density at radius 1 is 1.00 bits per heavy atom. The van der Waals surface area contributed by atoms with Gasteiger partial charge in [-0.05, 0) is 124 Å². The number of sulfonamides is 1. The molecule has 3 saturated carbocycles. The zero-order valence-corrected chi connectivity index (χ0v) is 40.2. The molecular formula is C51H61FN8O8S. The molecule has 2 aliphatic heterocycles. The molecule has 2 atom stereocenters. The molecule has 366 valence electrons. The molecule has 1 spiro atoms. The van der Waals surface area contributed by atoms with Crippen LogP contribution in [0.3, 0.4) is 0 Å². The number of ether oxygens (including phenoxy) is 2. The first kappa shape index (κ1) is 46.9. The molecule has 2 aromatic carbocycles. The van der Waals surface area contributed by atoms with Crippen LogP contribution in [0.2, 0.25) is 0 Å². The van der Waals surface area contributed by atoms with Crippen molar-refractivity contribution in [2.45, 2.75) is 119 Å². The Morgan fingerprint density at radius 3 is 2.48 bits per heavy atom. The molecule has 1 amide bonds. The topological polar surface area (TPSA) is 205 Å². The summed E-state index contributed by atoms with van der Waals surface area (Å²) in [7, 11) is -4.72. The highest BCUT2D eigenvalue weighted by Crippen LogP contribution is 2.54. The van der Waals surface area contributed by atoms with Gasteiger partial charge in [0.15, 0.2) is 5.75 Å². The van der Waals surface area contributed by atoms with Gasteiger partial charge < -0.3 is 29.8 Å². The molecule has 5 heterocycles. The summed E-state index contributed by atoms with van der Waals surface area (Å²) in [4.78, 5) is 41.3. The maximum absolute atomic E-state index is 14.9. The van der Waals surface area contributed by atoms with Crippen molar-refractivity contribution in [2.75, 3.05) is 49.5 Å². The Hall–Kier alpha value is -5.85. The quantitative estimate of drug-likeness (QED) is 0.0572. The number of carbonyl (C=O) groups is 1. The number of aliphatic hydroxyl groups is 1. The molecule has 5 fully saturated rings. The minimum atomic E-state index is -4.72. The van der Waals surface area contributed by atoms with E-state index in [1.807, 2.05) is 0 Å². The molecule has 4 N–H and O–H groups in total. The van der Waals surface area contributed by atoms with Crippen molar-refractivity contribution in [3.8, 4) is 17.4 Å². The number of aromatic nitrogens is 3. The number of nitrogens with one attached hydrogen (secondary N) is 3. The third-order valence-electron chi connectivity index (χ3n) is 15.8. The van der Waals surface area contributed by atoms with Gasteiger partial charge in [-0.1, -0.05) is 37.6 Å². The number of likely N-dealkylation sites (tertiary alicyclic amines) is 1. The highest BCUT2D eigenvalue weighted by atomic mass is 32.2. The van der Waals surface area contributed by atoms with Crippen LogP contribution >= 0.6 is 0 Å². The molecule has 5 aliphatic rings. The summed E-state index contributed by atoms with van der Waals surface area (Å²) in [5.41, 5.74) is 3.12. The van der Waals surface area contributed by atoms with Gasteiger partial charge in [0.05, 0.1) is 34.3 Å². The van der Waals surface area contributed by atoms with Crippen molar-refractivity contribution in [1.82, 2.24) is 24.6 Å². The van der Waals surface area contributed by atoms with Crippen molar-refractivity contribution in [1.29, 1.82) is 0 Å². The van der Waals surface area contributed by atoms with Crippen LogP contribution in [0.25, 0.3) is 11.0 Å². The maximum Gasteiger partial charge on any atom is 0.312 e. The lowest BCUT2D eigenvalue weighted by atomic mass is 9.70. The minimum absolute atomic E-state index is 0.00431. The molecular weight excluding hydrogens is 904 g/mol. The van der Waals surface area contributed by atoms with E-state index >= 15 is 0 Å². The standard InChI is InChI=1S/C51H61FN8O8S/c1-4-67-48-44(26-38-40(52)29-55-45(38)56-48)68-43-24-33(58-22-20-51(21-23-58)30-59(31-51)41-11-7-9-36(41)35-8-5-6-10-39(35)49(2)18-19-49)12-13-37(43)47(61)57-69(65,66)34-25-42(60(63)64)46(54-28-34)53-27-32-14-16-50(3,62)17-15-32/h5-6,8,10,12-13,24-26,28-29,32,36,41,62H,4,7,9,11,14-23,27,30-31H2,1-3H3,(H,53,54)(H,55,56)(H,57,61)/t32-,36-,41-,50-/m1/s1. The Bertz CT molecular complexity index is 2880. The molecule has 10 rings (SSSR count). The van der Waals surface area contributed by atoms with Crippen LogP contribution in [0.15, 0.2) is 71.9 Å². The average Bonchev–Trinajstić information content (AvgIpc) is 3.70. The molecule has 18 heteroatoms. The minimum Gasteiger partial charge on any atom is -0.475 e. The first-order valence-electron chi connectivity index (χ1n) is 24.4. The maximum atomic E-state index is 14.9. The largest absolute Gasteiger partial charge is 0.475 e. The van der Waals surface area contributed by atoms with Gasteiger partial charge in [-0.3, -0.25) is 19.8 Å². The summed E-state index contributed by atoms with van der Waals surface area (Å²) >= 11 is 0. The van der Waals surface area contributed by atoms with E-state index in [1.54, 1.807) is 37.1 Å². The summed E-state index contributed by atoms with van der Waals surface area (Å²) in [5, 5.41) is 25.6. The van der Waals surface area contributed by atoms with E-state index in [2.05, 4.69) is 66.0 Å². The second-order valence-electron chi connectivity index (χ2n) is 20.7. The van der Waals surface area contributed by atoms with Gasteiger partial charge in [0.2, 0.25) is 5.82 Å². The van der Waals surface area contributed by atoms with Crippen molar-refractivity contribution < 1.29 is 37.1 Å². The van der Waals surface area contributed by atoms with Crippen LogP contribution in [0.1, 0.15) is 119 Å². The summed E-state index contributed by atoms with van der Waals surface area (Å²) in [6.07, 6.45) is 12.9. The number of benzene rings is 2. The lowest BCUT2D eigenvalue weighted by molar-refractivity contribution is -0.384. The normalized spacial score (nSPS) is 24.2. The van der Waals surface area contributed by atoms with Gasteiger partial charge in [-0.15, -0.1) is 0 Å². The van der Waals surface area contributed by atoms with Crippen LogP contribution in [0.4, 0.5) is 21.6 Å². The van der Waals surface area contributed by atoms with Gasteiger partial charge in [-0.25, -0.2) is 22.5 Å². The number of pyridine rings is 2. The summed E-state index contributed by atoms with van der Waals surface area (Å²) in [5.74, 6) is -1.05. The van der Waals surface area contributed by atoms with E-state index in [-0.39, 0.29) is 57.7 Å². The number of hydrogen-bond donors (Lipinski definition) is 4. The van der Waals surface area contributed by atoms with Gasteiger partial charge >= 0.3 is 5.69 Å². The van der Waals surface area contributed by atoms with Gasteiger partial charge in [0.25, 0.3) is 21.8 Å². The number of piperidine rings is 1. The van der Waals surface area contributed by atoms with Crippen LogP contribution < -0.4 is 24.4 Å². The second kappa shape index (κ2) is 18.2. The fourth-order valence-corrected chi connectivity index (χ4v) is 12.3. The third-order valence-corrected chi connectivity index (χ3v) is 17.1. The van der Waals surface area contributed by atoms with Crippen LogP contribution in [-0.2, 0) is 15.4 Å². The van der Waals surface area contributed by atoms with E-state index in [0.717, 1.165) is 63.2 Å². The van der Waals surface area contributed by atoms with Crippen molar-refractivity contribution >= 4 is 44.2 Å². The molecule has 0 bridgehead atoms. The SMILES string of the molecule is CCOc1nc2[nH]cc(F)c2cc1Oc1cc(N2CCC3(CC2)CN([C@@H]2CCC[C@@H]2c2ccccc2C2(C)CC2)C3)ccc1C(=O)NS(=O)(=O)c1cnc(NC[C@H]2CC[C@](C)(O)CC2)c([N+](=O)[O-])c1. The number of anilines is 2. The number of nitrogens with zero attached hydrogens (tertiary/aromatic N) is 5. The van der Waals surface area contributed by atoms with Crippen molar-refractivity contribution in [3.05, 3.63) is 99.6 Å². The number of rotatable bonds is 15. The fraction of sp³-hybridized carbons (Fsp3) is 0.510. The predicted octanol–water partition coefficient (Wildman–Crippen LogP) is 8.96. The number of amides is 1. The number of nitro groups is 1. The van der Waals surface area contributed by atoms with Crippen LogP contribution in [0, 0.1) is 27.3 Å². The number of hydrogen-bond acceptors (Lipinski definition) is 13. The Kier molecular flexibility index (Phi) is 12.3. The molecule has 3 aromatic heterocycles. The van der Waals surface area contributed by atoms with E-state index < -0.39 is 42.9 Å². The number of carbonyl (C=O) groups excluding carboxylic acids is 1. The average molecular weight is 965 g/mol. The zero-order chi connectivity index (χ0) is 48.3. The lowest BCUT2D eigenvalue weighted by Crippen LogP contribution is -2.63. The van der Waals surface area contributed by atoms with Crippen LogP contribution in [0.5, 0.6) is 17.4 Å². The molecule has 0 unspecified atom stereocenters. The predicted molar refractivity (Wildman–Crippen MR) is 259 cm³/mol. The number of fused-ring (bicyclic) bond motifs is 1. The Labute approximate surface area is 401 Å². The Balaban J connectivity index is 0.868. The second-order valence-corrected chi connectivity index (χ2v) is 22.4. The summed E-state index contributed by atoms with van der Waals surface area (Å²) in [6, 6.07) is 16.9. The first-order chi connectivity index (χ1) is 33.0. The molecule has 69 heavy (non-hydrogen) atoms. The number of H-pyrrole nitrogens is 1. The monoisotopic (exact) mass is 964 g/mol. The molecule has 2 saturated heterocycles. The lowest BCUT2D eigenvalue weighted by Gasteiger charge is -2.57. The summed E-state index contributed by atoms with van der Waals surface area (Å²) < 4.78 is 56.8. The van der Waals surface area contributed by atoms with E-state index in [0.29, 0.717) is 49.6 Å². The summed E-state index contributed by atoms with van der Waals surface area (Å²) in [6.45, 7) is 10.1. The number of halogens is 1. The number of aromatic amines is 1. The van der Waals surface area contributed by atoms with Gasteiger partial charge in [0, 0.05) is 68.8 Å². The van der Waals surface area contributed by atoms with Crippen molar-refractivity contribution in [2.24, 2.45) is 11.3 Å². The fourth-order valence-electron chi connectivity index (χ4n) is 11.4. The van der Waals surface area contributed by atoms with Crippen molar-refractivity contribution in [3.63, 3.8) is 0 Å². The van der Waals surface area contributed by atoms with E-state index in [1.165, 1.54) is 44.2 Å². The molecule has 5 aromatic rings. The molecule has 0 radical (unpaired) electrons. The van der Waals surface area contributed by atoms with Gasteiger partial charge in [0.1, 0.15) is 22.1 Å². The zero-order valence-electron chi connectivity index (χ0n) is 39.4. The molecule has 16 nitrogen and oxygen atoms in total.